The molecule has 1 aromatic heterocycles. The molecule has 3 rings (SSSR count). The van der Waals surface area contributed by atoms with Crippen LogP contribution in [0.25, 0.3) is 0 Å². The van der Waals surface area contributed by atoms with E-state index < -0.39 is 36.6 Å². The van der Waals surface area contributed by atoms with Crippen molar-refractivity contribution in [3.05, 3.63) is 41.2 Å². The first-order valence-corrected chi connectivity index (χ1v) is 8.61. The van der Waals surface area contributed by atoms with Crippen molar-refractivity contribution >= 4 is 27.3 Å². The molecular weight excluding hydrogens is 392 g/mol. The van der Waals surface area contributed by atoms with Gasteiger partial charge in [-0.2, -0.15) is 13.9 Å². The summed E-state index contributed by atoms with van der Waals surface area (Å²) >= 11 is 0. The van der Waals surface area contributed by atoms with Crippen molar-refractivity contribution in [3.63, 3.8) is 0 Å². The third kappa shape index (κ3) is 5.31. The van der Waals surface area contributed by atoms with Crippen molar-refractivity contribution in [1.82, 2.24) is 9.78 Å². The van der Waals surface area contributed by atoms with Crippen LogP contribution >= 0.6 is 0 Å². The van der Waals surface area contributed by atoms with Crippen LogP contribution < -0.4 is 10.1 Å². The van der Waals surface area contributed by atoms with Gasteiger partial charge in [-0.05, 0) is 18.9 Å². The van der Waals surface area contributed by atoms with Gasteiger partial charge in [0.1, 0.15) is 28.0 Å². The van der Waals surface area contributed by atoms with Crippen molar-refractivity contribution in [2.24, 2.45) is 0 Å². The molecule has 1 saturated carbocycles. The highest BCUT2D eigenvalue weighted by Gasteiger charge is 2.32. The number of halogens is 4. The number of aliphatic hydroxyl groups is 1. The fraction of sp³-hybridized carbons (Fsp3) is 0.412. The summed E-state index contributed by atoms with van der Waals surface area (Å²) in [5, 5.41) is 13.8. The van der Waals surface area contributed by atoms with Crippen molar-refractivity contribution in [2.75, 3.05) is 5.32 Å². The maximum absolute atomic E-state index is 12.7. The van der Waals surface area contributed by atoms with E-state index in [0.717, 1.165) is 29.7 Å². The highest BCUT2D eigenvalue weighted by molar-refractivity contribution is 6.38. The lowest BCUT2D eigenvalue weighted by atomic mass is 9.61. The Morgan fingerprint density at radius 2 is 2.03 bits per heavy atom. The third-order valence-corrected chi connectivity index (χ3v) is 4.21. The number of anilines is 1. The molecule has 0 atom stereocenters. The maximum atomic E-state index is 12.7. The van der Waals surface area contributed by atoms with Crippen molar-refractivity contribution < 1.29 is 32.2 Å². The van der Waals surface area contributed by atoms with E-state index in [9.17, 15) is 27.5 Å². The quantitative estimate of drug-likeness (QED) is 0.521. The van der Waals surface area contributed by atoms with Crippen LogP contribution in [0.15, 0.2) is 24.4 Å². The summed E-state index contributed by atoms with van der Waals surface area (Å²) in [5.74, 6) is -1.17. The first-order chi connectivity index (χ1) is 13.5. The Bertz CT molecular complexity index is 899. The zero-order chi connectivity index (χ0) is 21.3. The molecule has 1 aromatic carbocycles. The van der Waals surface area contributed by atoms with E-state index in [1.807, 2.05) is 0 Å². The number of hydrogen-bond donors (Lipinski definition) is 2. The lowest BCUT2D eigenvalue weighted by Crippen LogP contribution is -2.27. The van der Waals surface area contributed by atoms with Crippen LogP contribution in [-0.2, 0) is 11.9 Å². The topological polar surface area (TPSA) is 76.4 Å². The van der Waals surface area contributed by atoms with Gasteiger partial charge in [0.05, 0.1) is 11.3 Å². The van der Waals surface area contributed by atoms with Crippen LogP contribution in [0, 0.1) is 0 Å². The average molecular weight is 407 g/mol. The van der Waals surface area contributed by atoms with Crippen LogP contribution in [0.3, 0.4) is 0 Å². The SMILES string of the molecule is [B]C([B])(O)c1ccc(NC(=O)c2cn(CC(F)F)nc2C2CC2)cc1OC(F)F. The molecule has 2 aromatic rings. The molecule has 0 saturated heterocycles. The second kappa shape index (κ2) is 8.09. The van der Waals surface area contributed by atoms with E-state index in [1.165, 1.54) is 12.3 Å². The first kappa shape index (κ1) is 21.2. The van der Waals surface area contributed by atoms with Crippen molar-refractivity contribution in [3.8, 4) is 5.75 Å². The Labute approximate surface area is 166 Å². The number of carbonyl (C=O) groups is 1. The number of alkyl halides is 4. The van der Waals surface area contributed by atoms with E-state index in [4.69, 9.17) is 15.7 Å². The summed E-state index contributed by atoms with van der Waals surface area (Å²) in [7, 11) is 10.7. The number of ether oxygens (including phenoxy) is 1. The smallest absolute Gasteiger partial charge is 0.387 e. The zero-order valence-electron chi connectivity index (χ0n) is 15.0. The minimum absolute atomic E-state index is 0.0132. The summed E-state index contributed by atoms with van der Waals surface area (Å²) in [6.07, 6.45) is 0.168. The molecule has 0 unspecified atom stereocenters. The molecule has 1 aliphatic rings. The Balaban J connectivity index is 1.86. The lowest BCUT2D eigenvalue weighted by Gasteiger charge is -2.23. The molecule has 6 nitrogen and oxygen atoms in total. The Morgan fingerprint density at radius 3 is 2.59 bits per heavy atom. The standard InChI is InChI=1S/C17H15B2F4N3O3/c18-17(19,28)11-4-3-9(5-12(11)29-16(22)23)24-15(27)10-6-26(7-13(20)21)25-14(10)8-1-2-8/h3-6,8,13,16,28H,1-2,7H2,(H,24,27). The summed E-state index contributed by atoms with van der Waals surface area (Å²) in [6.45, 7) is -3.88. The molecule has 1 fully saturated rings. The number of benzene rings is 1. The zero-order valence-corrected chi connectivity index (χ0v) is 15.0. The Hall–Kier alpha value is -2.49. The van der Waals surface area contributed by atoms with E-state index in [2.05, 4.69) is 15.2 Å². The summed E-state index contributed by atoms with van der Waals surface area (Å²) in [4.78, 5) is 12.6. The highest BCUT2D eigenvalue weighted by atomic mass is 19.3. The molecule has 29 heavy (non-hydrogen) atoms. The van der Waals surface area contributed by atoms with Gasteiger partial charge in [-0.15, -0.1) is 0 Å². The van der Waals surface area contributed by atoms with Gasteiger partial charge in [0.2, 0.25) is 0 Å². The molecule has 1 aliphatic carbocycles. The van der Waals surface area contributed by atoms with Gasteiger partial charge in [-0.3, -0.25) is 9.48 Å². The Morgan fingerprint density at radius 1 is 1.34 bits per heavy atom. The molecule has 0 bridgehead atoms. The van der Waals surface area contributed by atoms with Gasteiger partial charge < -0.3 is 15.2 Å². The normalized spacial score (nSPS) is 14.4. The van der Waals surface area contributed by atoms with Crippen molar-refractivity contribution in [1.29, 1.82) is 0 Å². The molecule has 2 N–H and O–H groups in total. The average Bonchev–Trinajstić information content (AvgIpc) is 3.33. The molecule has 12 heteroatoms. The number of amides is 1. The summed E-state index contributed by atoms with van der Waals surface area (Å²) in [5.41, 5.74) is 0.242. The molecule has 150 valence electrons. The number of nitrogens with zero attached hydrogens (tertiary/aromatic N) is 2. The number of hydrogen-bond acceptors (Lipinski definition) is 4. The van der Waals surface area contributed by atoms with E-state index >= 15 is 0 Å². The minimum atomic E-state index is -3.23. The predicted molar refractivity (Wildman–Crippen MR) is 96.6 cm³/mol. The molecule has 0 aliphatic heterocycles. The van der Waals surface area contributed by atoms with Gasteiger partial charge in [0.25, 0.3) is 12.3 Å². The summed E-state index contributed by atoms with van der Waals surface area (Å²) < 4.78 is 55.9. The van der Waals surface area contributed by atoms with Gasteiger partial charge in [-0.25, -0.2) is 8.78 Å². The van der Waals surface area contributed by atoms with Crippen LogP contribution in [0.2, 0.25) is 0 Å². The molecule has 1 amide bonds. The molecular formula is C17H15B2F4N3O3. The van der Waals surface area contributed by atoms with Crippen LogP contribution in [-0.4, -0.2) is 49.5 Å². The molecule has 0 spiro atoms. The fourth-order valence-corrected chi connectivity index (χ4v) is 2.83. The van der Waals surface area contributed by atoms with Crippen LogP contribution in [0.1, 0.15) is 40.4 Å². The first-order valence-electron chi connectivity index (χ1n) is 8.61. The van der Waals surface area contributed by atoms with E-state index in [0.29, 0.717) is 5.69 Å². The van der Waals surface area contributed by atoms with Gasteiger partial charge in [-0.1, -0.05) is 6.07 Å². The molecule has 1 heterocycles. The highest BCUT2D eigenvalue weighted by Crippen LogP contribution is 2.41. The second-order valence-corrected chi connectivity index (χ2v) is 6.68. The number of carbonyl (C=O) groups excluding carboxylic acids is 1. The van der Waals surface area contributed by atoms with Crippen molar-refractivity contribution in [2.45, 2.75) is 43.7 Å². The van der Waals surface area contributed by atoms with Crippen LogP contribution in [0.5, 0.6) is 5.75 Å². The fourth-order valence-electron chi connectivity index (χ4n) is 2.83. The number of aromatic nitrogens is 2. The van der Waals surface area contributed by atoms with E-state index in [1.54, 1.807) is 0 Å². The summed E-state index contributed by atoms with van der Waals surface area (Å²) in [6, 6.07) is 3.41. The number of nitrogens with one attached hydrogen (secondary N) is 1. The predicted octanol–water partition coefficient (Wildman–Crippen LogP) is 2.32. The Kier molecular flexibility index (Phi) is 5.92. The maximum Gasteiger partial charge on any atom is 0.387 e. The largest absolute Gasteiger partial charge is 0.434 e. The lowest BCUT2D eigenvalue weighted by molar-refractivity contribution is -0.0512. The molecule has 4 radical (unpaired) electrons. The van der Waals surface area contributed by atoms with Gasteiger partial charge >= 0.3 is 6.61 Å². The third-order valence-electron chi connectivity index (χ3n) is 4.21. The second-order valence-electron chi connectivity index (χ2n) is 6.68. The van der Waals surface area contributed by atoms with Gasteiger partial charge in [0.15, 0.2) is 0 Å². The van der Waals surface area contributed by atoms with Gasteiger partial charge in [0, 0.05) is 34.8 Å². The number of rotatable bonds is 8. The van der Waals surface area contributed by atoms with E-state index in [-0.39, 0.29) is 22.7 Å². The minimum Gasteiger partial charge on any atom is -0.434 e. The monoisotopic (exact) mass is 407 g/mol. The van der Waals surface area contributed by atoms with Crippen LogP contribution in [0.4, 0.5) is 23.2 Å².